The monoisotopic (exact) mass is 220 g/mol. The summed E-state index contributed by atoms with van der Waals surface area (Å²) in [5.74, 6) is -0.0134. The molecular formula is C9H16O4S. The molecule has 0 saturated carbocycles. The molecule has 4 nitrogen and oxygen atoms in total. The van der Waals surface area contributed by atoms with E-state index in [2.05, 4.69) is 0 Å². The quantitative estimate of drug-likeness (QED) is 0.695. The first-order valence-electron chi connectivity index (χ1n) is 4.31. The van der Waals surface area contributed by atoms with Gasteiger partial charge >= 0.3 is 5.97 Å². The highest BCUT2D eigenvalue weighted by Crippen LogP contribution is 2.24. The summed E-state index contributed by atoms with van der Waals surface area (Å²) in [6, 6.07) is 0. The van der Waals surface area contributed by atoms with Gasteiger partial charge in [0.05, 0.1) is 12.0 Å². The van der Waals surface area contributed by atoms with E-state index in [1.54, 1.807) is 13.8 Å². The summed E-state index contributed by atoms with van der Waals surface area (Å²) in [6.07, 6.45) is 0. The third-order valence-corrected chi connectivity index (χ3v) is 2.71. The molecule has 5 heteroatoms. The van der Waals surface area contributed by atoms with Crippen molar-refractivity contribution in [2.24, 2.45) is 5.41 Å². The number of carbonyl (C=O) groups excluding carboxylic acids is 2. The lowest BCUT2D eigenvalue weighted by atomic mass is 9.97. The molecule has 0 aliphatic rings. The lowest BCUT2D eigenvalue weighted by molar-refractivity contribution is -0.145. The average Bonchev–Trinajstić information content (AvgIpc) is 2.11. The van der Waals surface area contributed by atoms with Crippen LogP contribution < -0.4 is 0 Å². The zero-order valence-electron chi connectivity index (χ0n) is 8.70. The normalized spacial score (nSPS) is 11.1. The fourth-order valence-corrected chi connectivity index (χ4v) is 1.40. The first-order chi connectivity index (χ1) is 6.40. The molecule has 14 heavy (non-hydrogen) atoms. The Hall–Kier alpha value is -0.550. The second kappa shape index (κ2) is 6.03. The smallest absolute Gasteiger partial charge is 0.302 e. The van der Waals surface area contributed by atoms with Gasteiger partial charge in [-0.3, -0.25) is 9.59 Å². The summed E-state index contributed by atoms with van der Waals surface area (Å²) in [5, 5.41) is 8.46. The van der Waals surface area contributed by atoms with E-state index in [1.165, 1.54) is 6.92 Å². The van der Waals surface area contributed by atoms with Gasteiger partial charge in [-0.1, -0.05) is 11.8 Å². The number of aliphatic hydroxyl groups excluding tert-OH is 1. The van der Waals surface area contributed by atoms with Crippen molar-refractivity contribution >= 4 is 22.8 Å². The molecule has 0 atom stereocenters. The van der Waals surface area contributed by atoms with Crippen LogP contribution in [0.4, 0.5) is 0 Å². The molecule has 0 rings (SSSR count). The number of thioether (sulfide) groups is 1. The van der Waals surface area contributed by atoms with Crippen LogP contribution in [0, 0.1) is 5.41 Å². The molecule has 82 valence electrons. The Morgan fingerprint density at radius 3 is 2.43 bits per heavy atom. The molecule has 0 saturated heterocycles. The molecule has 0 aromatic rings. The first kappa shape index (κ1) is 13.4. The van der Waals surface area contributed by atoms with Crippen molar-refractivity contribution in [1.82, 2.24) is 0 Å². The molecule has 0 radical (unpaired) electrons. The molecule has 0 aliphatic carbocycles. The van der Waals surface area contributed by atoms with Crippen LogP contribution in [0.2, 0.25) is 0 Å². The van der Waals surface area contributed by atoms with Crippen LogP contribution in [0.1, 0.15) is 20.8 Å². The maximum absolute atomic E-state index is 11.5. The van der Waals surface area contributed by atoms with Crippen LogP contribution in [0.15, 0.2) is 0 Å². The second-order valence-corrected chi connectivity index (χ2v) is 4.59. The Balaban J connectivity index is 4.02. The molecule has 0 spiro atoms. The molecular weight excluding hydrogens is 204 g/mol. The highest BCUT2D eigenvalue weighted by atomic mass is 32.2. The maximum atomic E-state index is 11.5. The summed E-state index contributed by atoms with van der Waals surface area (Å²) >= 11 is 1.05. The Kier molecular flexibility index (Phi) is 5.79. The molecule has 1 N–H and O–H groups in total. The molecule has 0 heterocycles. The van der Waals surface area contributed by atoms with E-state index in [9.17, 15) is 9.59 Å². The summed E-state index contributed by atoms with van der Waals surface area (Å²) < 4.78 is 4.77. The third-order valence-electron chi connectivity index (χ3n) is 1.51. The minimum Gasteiger partial charge on any atom is -0.465 e. The summed E-state index contributed by atoms with van der Waals surface area (Å²) in [7, 11) is 0. The van der Waals surface area contributed by atoms with Crippen molar-refractivity contribution in [2.75, 3.05) is 19.0 Å². The van der Waals surface area contributed by atoms with Gasteiger partial charge in [-0.05, 0) is 13.8 Å². The number of rotatable bonds is 5. The lowest BCUT2D eigenvalue weighted by Gasteiger charge is -2.21. The van der Waals surface area contributed by atoms with Gasteiger partial charge in [-0.25, -0.2) is 0 Å². The predicted molar refractivity (Wildman–Crippen MR) is 55.0 cm³/mol. The summed E-state index contributed by atoms with van der Waals surface area (Å²) in [5.41, 5.74) is -0.689. The Morgan fingerprint density at radius 2 is 2.00 bits per heavy atom. The fourth-order valence-electron chi connectivity index (χ4n) is 0.675. The van der Waals surface area contributed by atoms with E-state index >= 15 is 0 Å². The predicted octanol–water partition coefficient (Wildman–Crippen LogP) is 0.828. The summed E-state index contributed by atoms with van der Waals surface area (Å²) in [4.78, 5) is 22.0. The summed E-state index contributed by atoms with van der Waals surface area (Å²) in [6.45, 7) is 4.78. The lowest BCUT2D eigenvalue weighted by Crippen LogP contribution is -2.28. The Labute approximate surface area is 88.0 Å². The highest BCUT2D eigenvalue weighted by Gasteiger charge is 2.28. The van der Waals surface area contributed by atoms with Crippen LogP contribution >= 0.6 is 11.8 Å². The number of hydrogen-bond donors (Lipinski definition) is 1. The molecule has 0 unspecified atom stereocenters. The molecule has 0 aromatic heterocycles. The van der Waals surface area contributed by atoms with Gasteiger partial charge < -0.3 is 9.84 Å². The first-order valence-corrected chi connectivity index (χ1v) is 5.30. The van der Waals surface area contributed by atoms with Crippen molar-refractivity contribution in [3.8, 4) is 0 Å². The van der Waals surface area contributed by atoms with E-state index in [-0.39, 0.29) is 18.3 Å². The van der Waals surface area contributed by atoms with E-state index in [0.29, 0.717) is 5.75 Å². The van der Waals surface area contributed by atoms with Gasteiger partial charge in [0, 0.05) is 12.7 Å². The van der Waals surface area contributed by atoms with Crippen molar-refractivity contribution in [2.45, 2.75) is 20.8 Å². The largest absolute Gasteiger partial charge is 0.465 e. The van der Waals surface area contributed by atoms with Crippen LogP contribution in [-0.2, 0) is 14.3 Å². The number of carbonyl (C=O) groups is 2. The van der Waals surface area contributed by atoms with Crippen molar-refractivity contribution < 1.29 is 19.4 Å². The van der Waals surface area contributed by atoms with Crippen molar-refractivity contribution in [3.05, 3.63) is 0 Å². The van der Waals surface area contributed by atoms with Gasteiger partial charge in [-0.2, -0.15) is 0 Å². The maximum Gasteiger partial charge on any atom is 0.302 e. The van der Waals surface area contributed by atoms with Crippen LogP contribution in [-0.4, -0.2) is 35.2 Å². The van der Waals surface area contributed by atoms with Crippen LogP contribution in [0.25, 0.3) is 0 Å². The second-order valence-electron chi connectivity index (χ2n) is 3.52. The van der Waals surface area contributed by atoms with Gasteiger partial charge in [0.15, 0.2) is 5.12 Å². The zero-order valence-corrected chi connectivity index (χ0v) is 9.52. The molecule has 0 fully saturated rings. The highest BCUT2D eigenvalue weighted by molar-refractivity contribution is 8.13. The van der Waals surface area contributed by atoms with Crippen LogP contribution in [0.3, 0.4) is 0 Å². The standard InChI is InChI=1S/C9H16O4S/c1-7(11)13-6-9(2,3)8(12)14-5-4-10/h10H,4-6H2,1-3H3. The zero-order chi connectivity index (χ0) is 11.2. The van der Waals surface area contributed by atoms with Crippen molar-refractivity contribution in [1.29, 1.82) is 0 Å². The van der Waals surface area contributed by atoms with E-state index in [0.717, 1.165) is 11.8 Å². The fraction of sp³-hybridized carbons (Fsp3) is 0.778. The SMILES string of the molecule is CC(=O)OCC(C)(C)C(=O)SCCO. The van der Waals surface area contributed by atoms with Gasteiger partial charge in [-0.15, -0.1) is 0 Å². The van der Waals surface area contributed by atoms with Crippen molar-refractivity contribution in [3.63, 3.8) is 0 Å². The molecule has 0 bridgehead atoms. The van der Waals surface area contributed by atoms with E-state index < -0.39 is 11.4 Å². The van der Waals surface area contributed by atoms with Gasteiger partial charge in [0.25, 0.3) is 0 Å². The Morgan fingerprint density at radius 1 is 1.43 bits per heavy atom. The molecule has 0 amide bonds. The minimum atomic E-state index is -0.689. The van der Waals surface area contributed by atoms with Crippen LogP contribution in [0.5, 0.6) is 0 Å². The third kappa shape index (κ3) is 5.24. The van der Waals surface area contributed by atoms with E-state index in [1.807, 2.05) is 0 Å². The van der Waals surface area contributed by atoms with E-state index in [4.69, 9.17) is 9.84 Å². The van der Waals surface area contributed by atoms with Gasteiger partial charge in [0.2, 0.25) is 0 Å². The van der Waals surface area contributed by atoms with Gasteiger partial charge in [0.1, 0.15) is 6.61 Å². The Bertz CT molecular complexity index is 213. The molecule has 0 aliphatic heterocycles. The number of hydrogen-bond acceptors (Lipinski definition) is 5. The number of esters is 1. The molecule has 0 aromatic carbocycles. The topological polar surface area (TPSA) is 63.6 Å². The number of aliphatic hydroxyl groups is 1. The number of ether oxygens (including phenoxy) is 1. The average molecular weight is 220 g/mol. The minimum absolute atomic E-state index is 0.0277.